The van der Waals surface area contributed by atoms with Crippen LogP contribution in [0.3, 0.4) is 0 Å². The lowest BCUT2D eigenvalue weighted by Crippen LogP contribution is -2.46. The second kappa shape index (κ2) is 10.3. The standard InChI is InChI=1S/C24H25N3O4/c1-30-21-12-11-18(15-22(21)31-2)19(16-25)26-24(29)20-9-6-14-27(20)23(28)13-10-17-7-4-3-5-8-17/h3-5,7-8,10-13,15,19-20H,6,9,14H2,1-2H3,(H,26,29)/b13-10-/t19?,20-/m0/s1. The molecule has 2 aromatic rings. The van der Waals surface area contributed by atoms with Gasteiger partial charge in [-0.2, -0.15) is 5.26 Å². The largest absolute Gasteiger partial charge is 0.493 e. The van der Waals surface area contributed by atoms with Gasteiger partial charge in [-0.25, -0.2) is 0 Å². The van der Waals surface area contributed by atoms with Crippen LogP contribution in [0.15, 0.2) is 54.6 Å². The van der Waals surface area contributed by atoms with Gasteiger partial charge in [0.1, 0.15) is 12.1 Å². The van der Waals surface area contributed by atoms with Gasteiger partial charge in [0, 0.05) is 12.6 Å². The first-order valence-corrected chi connectivity index (χ1v) is 10.0. The average molecular weight is 419 g/mol. The van der Waals surface area contributed by atoms with Gasteiger partial charge in [-0.05, 0) is 42.2 Å². The molecule has 160 valence electrons. The van der Waals surface area contributed by atoms with E-state index in [2.05, 4.69) is 11.4 Å². The van der Waals surface area contributed by atoms with Crippen LogP contribution >= 0.6 is 0 Å². The van der Waals surface area contributed by atoms with Crippen molar-refractivity contribution in [3.05, 3.63) is 65.7 Å². The van der Waals surface area contributed by atoms with Crippen LogP contribution in [0.25, 0.3) is 6.08 Å². The lowest BCUT2D eigenvalue weighted by atomic mass is 10.1. The maximum Gasteiger partial charge on any atom is 0.247 e. The molecule has 1 aliphatic rings. The van der Waals surface area contributed by atoms with E-state index in [9.17, 15) is 14.9 Å². The minimum Gasteiger partial charge on any atom is -0.493 e. The minimum absolute atomic E-state index is 0.221. The second-order valence-electron chi connectivity index (χ2n) is 7.12. The number of benzene rings is 2. The predicted octanol–water partition coefficient (Wildman–Crippen LogP) is 3.09. The third-order valence-corrected chi connectivity index (χ3v) is 5.21. The molecule has 0 bridgehead atoms. The number of carbonyl (C=O) groups excluding carboxylic acids is 2. The third kappa shape index (κ3) is 5.23. The van der Waals surface area contributed by atoms with Crippen molar-refractivity contribution in [3.8, 4) is 17.6 Å². The topological polar surface area (TPSA) is 91.7 Å². The Morgan fingerprint density at radius 2 is 1.90 bits per heavy atom. The summed E-state index contributed by atoms with van der Waals surface area (Å²) in [5, 5.41) is 12.4. The molecule has 31 heavy (non-hydrogen) atoms. The molecule has 1 unspecified atom stereocenters. The van der Waals surface area contributed by atoms with Gasteiger partial charge in [-0.15, -0.1) is 0 Å². The summed E-state index contributed by atoms with van der Waals surface area (Å²) >= 11 is 0. The zero-order valence-electron chi connectivity index (χ0n) is 17.6. The van der Waals surface area contributed by atoms with Crippen molar-refractivity contribution in [2.24, 2.45) is 0 Å². The van der Waals surface area contributed by atoms with Crippen LogP contribution < -0.4 is 14.8 Å². The molecule has 7 nitrogen and oxygen atoms in total. The first-order valence-electron chi connectivity index (χ1n) is 10.0. The number of nitrogens with one attached hydrogen (secondary N) is 1. The molecule has 0 aromatic heterocycles. The van der Waals surface area contributed by atoms with Crippen LogP contribution in [-0.2, 0) is 9.59 Å². The number of nitriles is 1. The van der Waals surface area contributed by atoms with Crippen molar-refractivity contribution in [2.75, 3.05) is 20.8 Å². The Balaban J connectivity index is 1.70. The Bertz CT molecular complexity index is 998. The van der Waals surface area contributed by atoms with E-state index in [1.807, 2.05) is 30.3 Å². The first kappa shape index (κ1) is 21.9. The zero-order chi connectivity index (χ0) is 22.2. The summed E-state index contributed by atoms with van der Waals surface area (Å²) in [7, 11) is 3.03. The zero-order valence-corrected chi connectivity index (χ0v) is 17.6. The number of hydrogen-bond acceptors (Lipinski definition) is 5. The predicted molar refractivity (Wildman–Crippen MR) is 116 cm³/mol. The van der Waals surface area contributed by atoms with Crippen molar-refractivity contribution in [2.45, 2.75) is 24.9 Å². The molecule has 1 saturated heterocycles. The van der Waals surface area contributed by atoms with Gasteiger partial charge < -0.3 is 19.7 Å². The van der Waals surface area contributed by atoms with E-state index in [4.69, 9.17) is 9.47 Å². The van der Waals surface area contributed by atoms with Crippen molar-refractivity contribution in [3.63, 3.8) is 0 Å². The van der Waals surface area contributed by atoms with Gasteiger partial charge in [-0.3, -0.25) is 9.59 Å². The van der Waals surface area contributed by atoms with Gasteiger partial charge in [-0.1, -0.05) is 36.4 Å². The molecular formula is C24H25N3O4. The Morgan fingerprint density at radius 3 is 2.58 bits per heavy atom. The number of likely N-dealkylation sites (tertiary alicyclic amines) is 1. The van der Waals surface area contributed by atoms with Crippen molar-refractivity contribution < 1.29 is 19.1 Å². The highest BCUT2D eigenvalue weighted by molar-refractivity contribution is 5.96. The van der Waals surface area contributed by atoms with Gasteiger partial charge >= 0.3 is 0 Å². The fourth-order valence-electron chi connectivity index (χ4n) is 3.59. The molecule has 2 amide bonds. The van der Waals surface area contributed by atoms with Crippen LogP contribution in [0.4, 0.5) is 0 Å². The molecular weight excluding hydrogens is 394 g/mol. The summed E-state index contributed by atoms with van der Waals surface area (Å²) in [5.41, 5.74) is 1.49. The van der Waals surface area contributed by atoms with Crippen molar-refractivity contribution in [1.82, 2.24) is 10.2 Å². The molecule has 0 radical (unpaired) electrons. The third-order valence-electron chi connectivity index (χ3n) is 5.21. The average Bonchev–Trinajstić information content (AvgIpc) is 3.31. The summed E-state index contributed by atoms with van der Waals surface area (Å²) in [6.07, 6.45) is 4.51. The van der Waals surface area contributed by atoms with E-state index in [1.54, 1.807) is 29.2 Å². The van der Waals surface area contributed by atoms with Crippen LogP contribution in [-0.4, -0.2) is 43.5 Å². The number of nitrogens with zero attached hydrogens (tertiary/aromatic N) is 2. The van der Waals surface area contributed by atoms with E-state index in [0.717, 1.165) is 12.0 Å². The van der Waals surface area contributed by atoms with Gasteiger partial charge in [0.05, 0.1) is 20.3 Å². The molecule has 1 fully saturated rings. The van der Waals surface area contributed by atoms with Crippen molar-refractivity contribution in [1.29, 1.82) is 5.26 Å². The molecule has 0 spiro atoms. The molecule has 1 N–H and O–H groups in total. The first-order chi connectivity index (χ1) is 15.1. The molecule has 0 aliphatic carbocycles. The summed E-state index contributed by atoms with van der Waals surface area (Å²) in [6, 6.07) is 15.2. The number of methoxy groups -OCH3 is 2. The molecule has 3 rings (SSSR count). The van der Waals surface area contributed by atoms with E-state index in [-0.39, 0.29) is 11.8 Å². The number of hydrogen-bond donors (Lipinski definition) is 1. The maximum absolute atomic E-state index is 12.9. The lowest BCUT2D eigenvalue weighted by molar-refractivity contribution is -0.135. The van der Waals surface area contributed by atoms with Crippen LogP contribution in [0, 0.1) is 11.3 Å². The van der Waals surface area contributed by atoms with E-state index >= 15 is 0 Å². The Kier molecular flexibility index (Phi) is 7.28. The Hall–Kier alpha value is -3.79. The highest BCUT2D eigenvalue weighted by Crippen LogP contribution is 2.30. The van der Waals surface area contributed by atoms with Crippen molar-refractivity contribution >= 4 is 17.9 Å². The summed E-state index contributed by atoms with van der Waals surface area (Å²) < 4.78 is 10.5. The molecule has 2 aromatic carbocycles. The smallest absolute Gasteiger partial charge is 0.247 e. The highest BCUT2D eigenvalue weighted by Gasteiger charge is 2.34. The number of ether oxygens (including phenoxy) is 2. The Labute approximate surface area is 181 Å². The number of amides is 2. The molecule has 0 saturated carbocycles. The summed E-state index contributed by atoms with van der Waals surface area (Å²) in [6.45, 7) is 0.504. The fraction of sp³-hybridized carbons (Fsp3) is 0.292. The maximum atomic E-state index is 12.9. The van der Waals surface area contributed by atoms with E-state index in [0.29, 0.717) is 30.0 Å². The molecule has 2 atom stereocenters. The fourth-order valence-corrected chi connectivity index (χ4v) is 3.59. The minimum atomic E-state index is -0.871. The van der Waals surface area contributed by atoms with Gasteiger partial charge in [0.15, 0.2) is 11.5 Å². The van der Waals surface area contributed by atoms with Crippen LogP contribution in [0.5, 0.6) is 11.5 Å². The van der Waals surface area contributed by atoms with Crippen LogP contribution in [0.2, 0.25) is 0 Å². The summed E-state index contributed by atoms with van der Waals surface area (Å²) in [5.74, 6) is 0.437. The van der Waals surface area contributed by atoms with E-state index in [1.165, 1.54) is 20.3 Å². The normalized spacial score (nSPS) is 16.5. The number of rotatable bonds is 7. The monoisotopic (exact) mass is 419 g/mol. The Morgan fingerprint density at radius 1 is 1.16 bits per heavy atom. The van der Waals surface area contributed by atoms with Gasteiger partial charge in [0.2, 0.25) is 11.8 Å². The van der Waals surface area contributed by atoms with Gasteiger partial charge in [0.25, 0.3) is 0 Å². The quantitative estimate of drug-likeness (QED) is 0.697. The summed E-state index contributed by atoms with van der Waals surface area (Å²) in [4.78, 5) is 27.1. The van der Waals surface area contributed by atoms with Crippen LogP contribution in [0.1, 0.15) is 30.0 Å². The molecule has 1 aliphatic heterocycles. The SMILES string of the molecule is COc1ccc(C(C#N)NC(=O)[C@@H]2CCCN2C(=O)/C=C\c2ccccc2)cc1OC. The lowest BCUT2D eigenvalue weighted by Gasteiger charge is -2.24. The highest BCUT2D eigenvalue weighted by atomic mass is 16.5. The number of carbonyl (C=O) groups is 2. The molecule has 1 heterocycles. The van der Waals surface area contributed by atoms with E-state index < -0.39 is 12.1 Å². The second-order valence-corrected chi connectivity index (χ2v) is 7.12. The molecule has 7 heteroatoms.